The van der Waals surface area contributed by atoms with Gasteiger partial charge in [0.2, 0.25) is 5.91 Å². The second-order valence-electron chi connectivity index (χ2n) is 6.69. The molecule has 0 bridgehead atoms. The molecule has 0 aromatic rings. The fraction of sp³-hybridized carbons (Fsp3) is 0.933. The summed E-state index contributed by atoms with van der Waals surface area (Å²) in [6.07, 6.45) is 7.09. The maximum Gasteiger partial charge on any atom is 0.237 e. The van der Waals surface area contributed by atoms with Gasteiger partial charge in [-0.05, 0) is 52.2 Å². The van der Waals surface area contributed by atoms with Crippen molar-refractivity contribution in [2.75, 3.05) is 27.2 Å². The molecule has 4 nitrogen and oxygen atoms in total. The number of carbonyl (C=O) groups excluding carboxylic acids is 1. The molecule has 110 valence electrons. The molecule has 4 heteroatoms. The highest BCUT2D eigenvalue weighted by Gasteiger charge is 2.37. The van der Waals surface area contributed by atoms with Crippen molar-refractivity contribution in [3.05, 3.63) is 0 Å². The van der Waals surface area contributed by atoms with Gasteiger partial charge < -0.3 is 15.5 Å². The molecule has 1 heterocycles. The molecule has 2 N–H and O–H groups in total. The molecule has 1 saturated carbocycles. The van der Waals surface area contributed by atoms with Crippen LogP contribution in [0.25, 0.3) is 0 Å². The van der Waals surface area contributed by atoms with Gasteiger partial charge in [0.15, 0.2) is 0 Å². The molecule has 2 unspecified atom stereocenters. The summed E-state index contributed by atoms with van der Waals surface area (Å²) in [5.74, 6) is 0.953. The maximum absolute atomic E-state index is 12.1. The summed E-state index contributed by atoms with van der Waals surface area (Å²) in [5.41, 5.74) is 0.159. The second kappa shape index (κ2) is 6.23. The first kappa shape index (κ1) is 14.8. The zero-order chi connectivity index (χ0) is 13.9. The lowest BCUT2D eigenvalue weighted by Gasteiger charge is -2.45. The number of amides is 1. The molecule has 0 aromatic heterocycles. The number of nitrogens with one attached hydrogen (secondary N) is 2. The van der Waals surface area contributed by atoms with Crippen molar-refractivity contribution in [1.29, 1.82) is 0 Å². The minimum Gasteiger partial charge on any atom is -0.353 e. The molecule has 1 amide bonds. The summed E-state index contributed by atoms with van der Waals surface area (Å²) in [4.78, 5) is 14.5. The van der Waals surface area contributed by atoms with Crippen molar-refractivity contribution in [3.8, 4) is 0 Å². The Kier molecular flexibility index (Phi) is 4.85. The first-order valence-electron chi connectivity index (χ1n) is 7.72. The predicted molar refractivity (Wildman–Crippen MR) is 78.1 cm³/mol. The van der Waals surface area contributed by atoms with E-state index < -0.39 is 0 Å². The van der Waals surface area contributed by atoms with Crippen LogP contribution in [0.3, 0.4) is 0 Å². The maximum atomic E-state index is 12.1. The predicted octanol–water partition coefficient (Wildman–Crippen LogP) is 1.37. The number of likely N-dealkylation sites (N-methyl/N-ethyl adjacent to an activating group) is 1. The summed E-state index contributed by atoms with van der Waals surface area (Å²) < 4.78 is 0. The minimum atomic E-state index is 0.0419. The van der Waals surface area contributed by atoms with Gasteiger partial charge in [0.25, 0.3) is 0 Å². The van der Waals surface area contributed by atoms with Crippen LogP contribution >= 0.6 is 0 Å². The molecular formula is C15H29N3O. The molecule has 0 spiro atoms. The van der Waals surface area contributed by atoms with Gasteiger partial charge in [-0.25, -0.2) is 0 Å². The Balaban J connectivity index is 1.91. The SMILES string of the molecule is CC1CCCC(CNC(=O)[C@@H]2CCCN2)(N(C)C)C1. The first-order valence-corrected chi connectivity index (χ1v) is 7.72. The van der Waals surface area contributed by atoms with Crippen LogP contribution in [0, 0.1) is 5.92 Å². The van der Waals surface area contributed by atoms with Crippen molar-refractivity contribution in [1.82, 2.24) is 15.5 Å². The Bertz CT molecular complexity index is 313. The molecule has 1 aliphatic heterocycles. The monoisotopic (exact) mass is 267 g/mol. The van der Waals surface area contributed by atoms with Crippen molar-refractivity contribution >= 4 is 5.91 Å². The lowest BCUT2D eigenvalue weighted by Crippen LogP contribution is -2.56. The molecule has 2 aliphatic rings. The molecule has 0 aromatic carbocycles. The molecule has 1 saturated heterocycles. The molecule has 2 rings (SSSR count). The zero-order valence-electron chi connectivity index (χ0n) is 12.7. The van der Waals surface area contributed by atoms with Crippen molar-refractivity contribution in [2.24, 2.45) is 5.92 Å². The number of rotatable bonds is 4. The third kappa shape index (κ3) is 3.48. The summed E-state index contributed by atoms with van der Waals surface area (Å²) in [6.45, 7) is 4.10. The number of hydrogen-bond donors (Lipinski definition) is 2. The van der Waals surface area contributed by atoms with Gasteiger partial charge in [-0.15, -0.1) is 0 Å². The van der Waals surface area contributed by atoms with Crippen molar-refractivity contribution in [3.63, 3.8) is 0 Å². The van der Waals surface area contributed by atoms with Crippen LogP contribution in [0.5, 0.6) is 0 Å². The highest BCUT2D eigenvalue weighted by atomic mass is 16.2. The van der Waals surface area contributed by atoms with Crippen LogP contribution in [0.4, 0.5) is 0 Å². The Morgan fingerprint density at radius 3 is 2.74 bits per heavy atom. The lowest BCUT2D eigenvalue weighted by molar-refractivity contribution is -0.123. The largest absolute Gasteiger partial charge is 0.353 e. The normalized spacial score (nSPS) is 35.6. The van der Waals surface area contributed by atoms with E-state index in [2.05, 4.69) is 36.6 Å². The topological polar surface area (TPSA) is 44.4 Å². The molecule has 3 atom stereocenters. The molecule has 19 heavy (non-hydrogen) atoms. The van der Waals surface area contributed by atoms with Crippen molar-refractivity contribution in [2.45, 2.75) is 57.0 Å². The van der Waals surface area contributed by atoms with E-state index in [1.165, 1.54) is 25.7 Å². The van der Waals surface area contributed by atoms with Crippen LogP contribution in [-0.2, 0) is 4.79 Å². The third-order valence-corrected chi connectivity index (χ3v) is 4.98. The smallest absolute Gasteiger partial charge is 0.237 e. The summed E-state index contributed by atoms with van der Waals surface area (Å²) >= 11 is 0. The van der Waals surface area contributed by atoms with Crippen LogP contribution in [0.2, 0.25) is 0 Å². The van der Waals surface area contributed by atoms with Crippen LogP contribution in [0.1, 0.15) is 45.4 Å². The van der Waals surface area contributed by atoms with E-state index in [9.17, 15) is 4.79 Å². The fourth-order valence-electron chi connectivity index (χ4n) is 3.64. The van der Waals surface area contributed by atoms with Gasteiger partial charge in [-0.1, -0.05) is 19.8 Å². The van der Waals surface area contributed by atoms with Gasteiger partial charge in [0, 0.05) is 12.1 Å². The van der Waals surface area contributed by atoms with Crippen LogP contribution < -0.4 is 10.6 Å². The van der Waals surface area contributed by atoms with Gasteiger partial charge in [0.1, 0.15) is 0 Å². The Labute approximate surface area is 117 Å². The summed E-state index contributed by atoms with van der Waals surface area (Å²) in [7, 11) is 4.30. The number of hydrogen-bond acceptors (Lipinski definition) is 3. The number of carbonyl (C=O) groups is 1. The fourth-order valence-corrected chi connectivity index (χ4v) is 3.64. The average molecular weight is 267 g/mol. The molecule has 0 radical (unpaired) electrons. The average Bonchev–Trinajstić information content (AvgIpc) is 2.89. The Morgan fingerprint density at radius 2 is 2.16 bits per heavy atom. The Hall–Kier alpha value is -0.610. The molecule has 1 aliphatic carbocycles. The van der Waals surface area contributed by atoms with E-state index >= 15 is 0 Å². The summed E-state index contributed by atoms with van der Waals surface area (Å²) in [5, 5.41) is 6.46. The van der Waals surface area contributed by atoms with E-state index in [0.29, 0.717) is 0 Å². The van der Waals surface area contributed by atoms with E-state index in [4.69, 9.17) is 0 Å². The van der Waals surface area contributed by atoms with Gasteiger partial charge in [-0.3, -0.25) is 4.79 Å². The standard InChI is InChI=1S/C15H29N3O/c1-12-6-4-8-15(10-12,18(2)3)11-17-14(19)13-7-5-9-16-13/h12-13,16H,4-11H2,1-3H3,(H,17,19)/t12?,13-,15?/m0/s1. The van der Waals surface area contributed by atoms with E-state index in [0.717, 1.165) is 31.8 Å². The van der Waals surface area contributed by atoms with Gasteiger partial charge in [-0.2, -0.15) is 0 Å². The lowest BCUT2D eigenvalue weighted by atomic mass is 9.75. The Morgan fingerprint density at radius 1 is 1.37 bits per heavy atom. The van der Waals surface area contributed by atoms with E-state index in [1.54, 1.807) is 0 Å². The van der Waals surface area contributed by atoms with Gasteiger partial charge in [0.05, 0.1) is 6.04 Å². The van der Waals surface area contributed by atoms with Gasteiger partial charge >= 0.3 is 0 Å². The zero-order valence-corrected chi connectivity index (χ0v) is 12.7. The second-order valence-corrected chi connectivity index (χ2v) is 6.69. The first-order chi connectivity index (χ1) is 9.03. The summed E-state index contributed by atoms with van der Waals surface area (Å²) in [6, 6.07) is 0.0419. The number of nitrogens with zero attached hydrogens (tertiary/aromatic N) is 1. The van der Waals surface area contributed by atoms with Crippen LogP contribution in [-0.4, -0.2) is 49.6 Å². The minimum absolute atomic E-state index is 0.0419. The van der Waals surface area contributed by atoms with E-state index in [1.807, 2.05) is 0 Å². The molecular weight excluding hydrogens is 238 g/mol. The quantitative estimate of drug-likeness (QED) is 0.808. The van der Waals surface area contributed by atoms with Crippen molar-refractivity contribution < 1.29 is 4.79 Å². The highest BCUT2D eigenvalue weighted by Crippen LogP contribution is 2.35. The third-order valence-electron chi connectivity index (χ3n) is 4.98. The van der Waals surface area contributed by atoms with Crippen LogP contribution in [0.15, 0.2) is 0 Å². The van der Waals surface area contributed by atoms with E-state index in [-0.39, 0.29) is 17.5 Å². The highest BCUT2D eigenvalue weighted by molar-refractivity contribution is 5.82. The molecule has 2 fully saturated rings.